The number of hydrogen-bond acceptors (Lipinski definition) is 3. The van der Waals surface area contributed by atoms with Gasteiger partial charge in [-0.1, -0.05) is 0 Å². The van der Waals surface area contributed by atoms with Crippen molar-refractivity contribution < 1.29 is 5.11 Å². The lowest BCUT2D eigenvalue weighted by molar-refractivity contribution is 0.280. The van der Waals surface area contributed by atoms with Crippen molar-refractivity contribution in [1.82, 2.24) is 19.6 Å². The first-order chi connectivity index (χ1) is 7.13. The number of aromatic nitrogens is 4. The Kier molecular flexibility index (Phi) is 2.32. The summed E-state index contributed by atoms with van der Waals surface area (Å²) in [6.07, 6.45) is 3.69. The van der Waals surface area contributed by atoms with E-state index < -0.39 is 0 Å². The van der Waals surface area contributed by atoms with Crippen molar-refractivity contribution in [1.29, 1.82) is 0 Å². The quantitative estimate of drug-likeness (QED) is 0.787. The van der Waals surface area contributed by atoms with Gasteiger partial charge in [0.1, 0.15) is 0 Å². The zero-order valence-electron chi connectivity index (χ0n) is 9.10. The van der Waals surface area contributed by atoms with E-state index in [1.54, 1.807) is 15.6 Å². The summed E-state index contributed by atoms with van der Waals surface area (Å²) in [7, 11) is 1.85. The third-order valence-corrected chi connectivity index (χ3v) is 2.40. The third kappa shape index (κ3) is 1.55. The van der Waals surface area contributed by atoms with Gasteiger partial charge in [0, 0.05) is 18.8 Å². The summed E-state index contributed by atoms with van der Waals surface area (Å²) < 4.78 is 3.47. The maximum absolute atomic E-state index is 9.29. The summed E-state index contributed by atoms with van der Waals surface area (Å²) in [6.45, 7) is 3.84. The molecule has 5 nitrogen and oxygen atoms in total. The highest BCUT2D eigenvalue weighted by Gasteiger charge is 2.14. The second-order valence-corrected chi connectivity index (χ2v) is 3.63. The molecule has 15 heavy (non-hydrogen) atoms. The first-order valence-electron chi connectivity index (χ1n) is 4.78. The second kappa shape index (κ2) is 3.51. The summed E-state index contributed by atoms with van der Waals surface area (Å²) in [4.78, 5) is 0. The van der Waals surface area contributed by atoms with Gasteiger partial charge in [-0.25, -0.2) is 4.68 Å². The van der Waals surface area contributed by atoms with Crippen molar-refractivity contribution in [2.75, 3.05) is 0 Å². The van der Waals surface area contributed by atoms with E-state index in [2.05, 4.69) is 10.2 Å². The van der Waals surface area contributed by atoms with E-state index in [9.17, 15) is 5.11 Å². The molecule has 0 unspecified atom stereocenters. The van der Waals surface area contributed by atoms with Crippen LogP contribution in [0.3, 0.4) is 0 Å². The van der Waals surface area contributed by atoms with Crippen LogP contribution < -0.4 is 0 Å². The Hall–Kier alpha value is -1.62. The van der Waals surface area contributed by atoms with Crippen LogP contribution in [0.4, 0.5) is 0 Å². The molecule has 1 N–H and O–H groups in total. The number of aliphatic hydroxyl groups is 1. The molecule has 2 rings (SSSR count). The Morgan fingerprint density at radius 1 is 1.40 bits per heavy atom. The van der Waals surface area contributed by atoms with E-state index in [0.717, 1.165) is 22.6 Å². The van der Waals surface area contributed by atoms with Crippen LogP contribution in [0.2, 0.25) is 0 Å². The molecule has 0 bridgehead atoms. The Bertz CT molecular complexity index is 484. The van der Waals surface area contributed by atoms with Crippen LogP contribution in [0, 0.1) is 13.8 Å². The lowest BCUT2D eigenvalue weighted by Gasteiger charge is -2.03. The van der Waals surface area contributed by atoms with Crippen molar-refractivity contribution >= 4 is 0 Å². The predicted octanol–water partition coefficient (Wildman–Crippen LogP) is 0.715. The van der Waals surface area contributed by atoms with Crippen molar-refractivity contribution in [2.45, 2.75) is 20.5 Å². The molecular weight excluding hydrogens is 192 g/mol. The standard InChI is InChI=1S/C10H14N4O/c1-7-4-11-14(5-7)10-9(6-15)8(2)12-13(10)3/h4-5,15H,6H2,1-3H3. The fourth-order valence-electron chi connectivity index (χ4n) is 1.69. The molecule has 2 aromatic rings. The molecule has 0 fully saturated rings. The van der Waals surface area contributed by atoms with Gasteiger partial charge in [-0.05, 0) is 19.4 Å². The lowest BCUT2D eigenvalue weighted by atomic mass is 10.2. The van der Waals surface area contributed by atoms with Crippen LogP contribution >= 0.6 is 0 Å². The molecule has 0 aliphatic heterocycles. The summed E-state index contributed by atoms with van der Waals surface area (Å²) >= 11 is 0. The Morgan fingerprint density at radius 3 is 2.67 bits per heavy atom. The van der Waals surface area contributed by atoms with Gasteiger partial charge in [0.2, 0.25) is 0 Å². The molecule has 0 aliphatic rings. The zero-order valence-corrected chi connectivity index (χ0v) is 9.10. The van der Waals surface area contributed by atoms with Gasteiger partial charge in [0.05, 0.1) is 18.5 Å². The van der Waals surface area contributed by atoms with Crippen LogP contribution in [-0.4, -0.2) is 24.7 Å². The molecule has 2 aromatic heterocycles. The summed E-state index contributed by atoms with van der Waals surface area (Å²) in [6, 6.07) is 0. The number of nitrogens with zero attached hydrogens (tertiary/aromatic N) is 4. The van der Waals surface area contributed by atoms with Crippen LogP contribution in [0.25, 0.3) is 5.82 Å². The highest BCUT2D eigenvalue weighted by atomic mass is 16.3. The van der Waals surface area contributed by atoms with Gasteiger partial charge in [-0.2, -0.15) is 10.2 Å². The average molecular weight is 206 g/mol. The van der Waals surface area contributed by atoms with Crippen molar-refractivity contribution in [3.63, 3.8) is 0 Å². The van der Waals surface area contributed by atoms with E-state index >= 15 is 0 Å². The molecular formula is C10H14N4O. The molecule has 0 spiro atoms. The van der Waals surface area contributed by atoms with Gasteiger partial charge in [0.25, 0.3) is 0 Å². The summed E-state index contributed by atoms with van der Waals surface area (Å²) in [5.74, 6) is 0.822. The molecule has 0 saturated heterocycles. The smallest absolute Gasteiger partial charge is 0.157 e. The van der Waals surface area contributed by atoms with Gasteiger partial charge in [-0.15, -0.1) is 0 Å². The minimum absolute atomic E-state index is 0.0199. The minimum atomic E-state index is -0.0199. The van der Waals surface area contributed by atoms with E-state index in [1.807, 2.05) is 27.1 Å². The molecule has 80 valence electrons. The first-order valence-corrected chi connectivity index (χ1v) is 4.78. The number of aliphatic hydroxyl groups excluding tert-OH is 1. The predicted molar refractivity (Wildman–Crippen MR) is 55.7 cm³/mol. The maximum atomic E-state index is 9.29. The van der Waals surface area contributed by atoms with Gasteiger partial charge >= 0.3 is 0 Å². The molecule has 2 heterocycles. The summed E-state index contributed by atoms with van der Waals surface area (Å²) in [5, 5.41) is 17.8. The number of aryl methyl sites for hydroxylation is 3. The fraction of sp³-hybridized carbons (Fsp3) is 0.400. The second-order valence-electron chi connectivity index (χ2n) is 3.63. The third-order valence-electron chi connectivity index (χ3n) is 2.40. The van der Waals surface area contributed by atoms with Crippen LogP contribution in [0.5, 0.6) is 0 Å². The average Bonchev–Trinajstić information content (AvgIpc) is 2.70. The SMILES string of the molecule is Cc1cnn(-c2c(CO)c(C)nn2C)c1. The minimum Gasteiger partial charge on any atom is -0.391 e. The topological polar surface area (TPSA) is 55.9 Å². The van der Waals surface area contributed by atoms with E-state index in [4.69, 9.17) is 0 Å². The van der Waals surface area contributed by atoms with Crippen molar-refractivity contribution in [3.8, 4) is 5.82 Å². The van der Waals surface area contributed by atoms with E-state index in [0.29, 0.717) is 0 Å². The highest BCUT2D eigenvalue weighted by Crippen LogP contribution is 2.17. The molecule has 0 amide bonds. The largest absolute Gasteiger partial charge is 0.391 e. The number of rotatable bonds is 2. The van der Waals surface area contributed by atoms with Gasteiger partial charge < -0.3 is 5.11 Å². The molecule has 5 heteroatoms. The summed E-state index contributed by atoms with van der Waals surface area (Å²) in [5.41, 5.74) is 2.74. The monoisotopic (exact) mass is 206 g/mol. The zero-order chi connectivity index (χ0) is 11.0. The molecule has 0 radical (unpaired) electrons. The van der Waals surface area contributed by atoms with Crippen LogP contribution in [-0.2, 0) is 13.7 Å². The Balaban J connectivity index is 2.61. The normalized spacial score (nSPS) is 10.9. The molecule has 0 atom stereocenters. The molecule has 0 aromatic carbocycles. The Labute approximate surface area is 88.0 Å². The Morgan fingerprint density at radius 2 is 2.13 bits per heavy atom. The molecule has 0 saturated carbocycles. The van der Waals surface area contributed by atoms with E-state index in [-0.39, 0.29) is 6.61 Å². The van der Waals surface area contributed by atoms with E-state index in [1.165, 1.54) is 0 Å². The number of hydrogen-bond donors (Lipinski definition) is 1. The molecule has 0 aliphatic carbocycles. The maximum Gasteiger partial charge on any atom is 0.157 e. The van der Waals surface area contributed by atoms with Crippen molar-refractivity contribution in [3.05, 3.63) is 29.2 Å². The highest BCUT2D eigenvalue weighted by molar-refractivity contribution is 5.37. The first kappa shape index (κ1) is 9.92. The van der Waals surface area contributed by atoms with Crippen molar-refractivity contribution in [2.24, 2.45) is 7.05 Å². The van der Waals surface area contributed by atoms with Gasteiger partial charge in [0.15, 0.2) is 5.82 Å². The lowest BCUT2D eigenvalue weighted by Crippen LogP contribution is -2.05. The van der Waals surface area contributed by atoms with Gasteiger partial charge in [-0.3, -0.25) is 4.68 Å². The van der Waals surface area contributed by atoms with Crippen LogP contribution in [0.15, 0.2) is 12.4 Å². The van der Waals surface area contributed by atoms with Crippen LogP contribution in [0.1, 0.15) is 16.8 Å². The fourth-order valence-corrected chi connectivity index (χ4v) is 1.69.